The maximum atomic E-state index is 12.2. The van der Waals surface area contributed by atoms with Gasteiger partial charge < -0.3 is 9.47 Å². The van der Waals surface area contributed by atoms with Gasteiger partial charge in [-0.2, -0.15) is 5.10 Å². The van der Waals surface area contributed by atoms with Gasteiger partial charge in [0.15, 0.2) is 11.5 Å². The normalized spacial score (nSPS) is 18.8. The molecule has 1 saturated carbocycles. The van der Waals surface area contributed by atoms with Crippen LogP contribution in [0.5, 0.6) is 11.5 Å². The van der Waals surface area contributed by atoms with Crippen molar-refractivity contribution in [3.8, 4) is 11.5 Å². The van der Waals surface area contributed by atoms with E-state index in [2.05, 4.69) is 35.7 Å². The Hall–Kier alpha value is -2.82. The van der Waals surface area contributed by atoms with Crippen LogP contribution >= 0.6 is 0 Å². The average Bonchev–Trinajstić information content (AvgIpc) is 3.42. The zero-order valence-electron chi connectivity index (χ0n) is 14.7. The Morgan fingerprint density at radius 1 is 1.16 bits per heavy atom. The van der Waals surface area contributed by atoms with Crippen LogP contribution in [-0.2, 0) is 4.79 Å². The quantitative estimate of drug-likeness (QED) is 0.649. The van der Waals surface area contributed by atoms with Crippen LogP contribution in [-0.4, -0.2) is 26.3 Å². The second-order valence-electron chi connectivity index (χ2n) is 6.21. The Balaban J connectivity index is 1.57. The molecule has 0 saturated heterocycles. The number of benzene rings is 2. The molecule has 2 atom stereocenters. The third-order valence-electron chi connectivity index (χ3n) is 4.39. The number of methoxy groups -OCH3 is 2. The minimum atomic E-state index is -0.0387. The minimum Gasteiger partial charge on any atom is -0.493 e. The Kier molecular flexibility index (Phi) is 5.03. The fourth-order valence-electron chi connectivity index (χ4n) is 2.94. The molecule has 5 nitrogen and oxygen atoms in total. The third kappa shape index (κ3) is 3.99. The van der Waals surface area contributed by atoms with E-state index in [9.17, 15) is 4.79 Å². The molecule has 0 heterocycles. The van der Waals surface area contributed by atoms with E-state index in [1.54, 1.807) is 32.6 Å². The van der Waals surface area contributed by atoms with Crippen LogP contribution in [0.2, 0.25) is 0 Å². The average molecular weight is 338 g/mol. The van der Waals surface area contributed by atoms with Crippen LogP contribution in [0.4, 0.5) is 0 Å². The highest BCUT2D eigenvalue weighted by molar-refractivity contribution is 5.86. The van der Waals surface area contributed by atoms with Gasteiger partial charge in [-0.3, -0.25) is 4.79 Å². The number of hydrogen-bond acceptors (Lipinski definition) is 4. The van der Waals surface area contributed by atoms with Crippen molar-refractivity contribution in [2.24, 2.45) is 11.0 Å². The van der Waals surface area contributed by atoms with Gasteiger partial charge in [0.1, 0.15) is 0 Å². The zero-order valence-corrected chi connectivity index (χ0v) is 14.7. The van der Waals surface area contributed by atoms with Crippen molar-refractivity contribution in [1.82, 2.24) is 5.43 Å². The van der Waals surface area contributed by atoms with Gasteiger partial charge in [0.25, 0.3) is 0 Å². The highest BCUT2D eigenvalue weighted by Crippen LogP contribution is 2.47. The number of nitrogens with one attached hydrogen (secondary N) is 1. The molecule has 1 aliphatic rings. The molecule has 0 aromatic heterocycles. The lowest BCUT2D eigenvalue weighted by Gasteiger charge is -2.07. The molecule has 0 aliphatic heterocycles. The molecule has 2 aromatic rings. The van der Waals surface area contributed by atoms with Crippen molar-refractivity contribution in [2.45, 2.75) is 19.3 Å². The summed E-state index contributed by atoms with van der Waals surface area (Å²) < 4.78 is 10.4. The lowest BCUT2D eigenvalue weighted by molar-refractivity contribution is -0.122. The summed E-state index contributed by atoms with van der Waals surface area (Å²) in [6, 6.07) is 13.8. The van der Waals surface area contributed by atoms with Gasteiger partial charge in [-0.25, -0.2) is 5.43 Å². The number of amides is 1. The molecule has 2 aromatic carbocycles. The molecule has 0 spiro atoms. The highest BCUT2D eigenvalue weighted by Gasteiger charge is 2.43. The zero-order chi connectivity index (χ0) is 17.8. The number of hydrogen-bond donors (Lipinski definition) is 1. The number of carbonyl (C=O) groups is 1. The predicted octanol–water partition coefficient (Wildman–Crippen LogP) is 3.27. The molecule has 3 rings (SSSR count). The SMILES string of the molecule is COc1ccc(/C=N/NC(=O)C2CC2c2cccc(C)c2)cc1OC. The highest BCUT2D eigenvalue weighted by atomic mass is 16.5. The monoisotopic (exact) mass is 338 g/mol. The number of aryl methyl sites for hydroxylation is 1. The number of hydrazone groups is 1. The summed E-state index contributed by atoms with van der Waals surface area (Å²) >= 11 is 0. The Morgan fingerprint density at radius 3 is 2.68 bits per heavy atom. The Bertz CT molecular complexity index is 801. The summed E-state index contributed by atoms with van der Waals surface area (Å²) in [6.07, 6.45) is 2.48. The van der Waals surface area contributed by atoms with Gasteiger partial charge >= 0.3 is 0 Å². The summed E-state index contributed by atoms with van der Waals surface area (Å²) in [4.78, 5) is 12.2. The molecule has 0 radical (unpaired) electrons. The van der Waals surface area contributed by atoms with Crippen molar-refractivity contribution < 1.29 is 14.3 Å². The maximum absolute atomic E-state index is 12.2. The van der Waals surface area contributed by atoms with E-state index >= 15 is 0 Å². The van der Waals surface area contributed by atoms with E-state index in [1.807, 2.05) is 12.1 Å². The topological polar surface area (TPSA) is 59.9 Å². The van der Waals surface area contributed by atoms with Gasteiger partial charge in [0.05, 0.1) is 20.4 Å². The molecular weight excluding hydrogens is 316 g/mol. The molecule has 0 bridgehead atoms. The predicted molar refractivity (Wildman–Crippen MR) is 97.3 cm³/mol. The van der Waals surface area contributed by atoms with Crippen molar-refractivity contribution in [2.75, 3.05) is 14.2 Å². The van der Waals surface area contributed by atoms with Gasteiger partial charge in [-0.05, 0) is 48.6 Å². The summed E-state index contributed by atoms with van der Waals surface area (Å²) in [6.45, 7) is 2.06. The number of rotatable bonds is 6. The lowest BCUT2D eigenvalue weighted by Crippen LogP contribution is -2.20. The molecule has 1 N–H and O–H groups in total. The molecule has 25 heavy (non-hydrogen) atoms. The summed E-state index contributed by atoms with van der Waals surface area (Å²) in [5, 5.41) is 4.06. The standard InChI is InChI=1S/C20H22N2O3/c1-13-5-4-6-15(9-13)16-11-17(16)20(23)22-21-12-14-7-8-18(24-2)19(10-14)25-3/h4-10,12,16-17H,11H2,1-3H3,(H,22,23)/b21-12+. The molecule has 1 fully saturated rings. The van der Waals surface area contributed by atoms with Crippen LogP contribution in [0.15, 0.2) is 47.6 Å². The molecular formula is C20H22N2O3. The number of carbonyl (C=O) groups excluding carboxylic acids is 1. The van der Waals surface area contributed by atoms with Crippen LogP contribution in [0.25, 0.3) is 0 Å². The fourth-order valence-corrected chi connectivity index (χ4v) is 2.94. The van der Waals surface area contributed by atoms with E-state index in [4.69, 9.17) is 9.47 Å². The minimum absolute atomic E-state index is 0.00403. The van der Waals surface area contributed by atoms with Gasteiger partial charge in [0, 0.05) is 5.92 Å². The Morgan fingerprint density at radius 2 is 1.96 bits per heavy atom. The van der Waals surface area contributed by atoms with Crippen LogP contribution in [0, 0.1) is 12.8 Å². The second kappa shape index (κ2) is 7.38. The molecule has 1 amide bonds. The van der Waals surface area contributed by atoms with Crippen molar-refractivity contribution in [3.05, 3.63) is 59.2 Å². The molecule has 2 unspecified atom stereocenters. The van der Waals surface area contributed by atoms with E-state index < -0.39 is 0 Å². The second-order valence-corrected chi connectivity index (χ2v) is 6.21. The van der Waals surface area contributed by atoms with E-state index in [-0.39, 0.29) is 11.8 Å². The first-order chi connectivity index (χ1) is 12.1. The van der Waals surface area contributed by atoms with Crippen molar-refractivity contribution >= 4 is 12.1 Å². The summed E-state index contributed by atoms with van der Waals surface area (Å²) in [5.74, 6) is 1.55. The summed E-state index contributed by atoms with van der Waals surface area (Å²) in [5.41, 5.74) is 5.90. The van der Waals surface area contributed by atoms with Gasteiger partial charge in [-0.1, -0.05) is 29.8 Å². The van der Waals surface area contributed by atoms with Crippen molar-refractivity contribution in [3.63, 3.8) is 0 Å². The molecule has 5 heteroatoms. The first-order valence-electron chi connectivity index (χ1n) is 8.24. The lowest BCUT2D eigenvalue weighted by atomic mass is 10.1. The van der Waals surface area contributed by atoms with Crippen LogP contribution in [0.3, 0.4) is 0 Å². The van der Waals surface area contributed by atoms with Crippen LogP contribution < -0.4 is 14.9 Å². The Labute approximate surface area is 147 Å². The van der Waals surface area contributed by atoms with E-state index in [1.165, 1.54) is 11.1 Å². The first kappa shape index (κ1) is 17.0. The van der Waals surface area contributed by atoms with Gasteiger partial charge in [-0.15, -0.1) is 0 Å². The van der Waals surface area contributed by atoms with Gasteiger partial charge in [0.2, 0.25) is 5.91 Å². The van der Waals surface area contributed by atoms with Crippen molar-refractivity contribution in [1.29, 1.82) is 0 Å². The number of ether oxygens (including phenoxy) is 2. The number of nitrogens with zero attached hydrogens (tertiary/aromatic N) is 1. The smallest absolute Gasteiger partial charge is 0.243 e. The van der Waals surface area contributed by atoms with Crippen LogP contribution in [0.1, 0.15) is 29.0 Å². The molecule has 1 aliphatic carbocycles. The fraction of sp³-hybridized carbons (Fsp3) is 0.300. The first-order valence-corrected chi connectivity index (χ1v) is 8.24. The van der Waals surface area contributed by atoms with E-state index in [0.717, 1.165) is 12.0 Å². The summed E-state index contributed by atoms with van der Waals surface area (Å²) in [7, 11) is 3.17. The third-order valence-corrected chi connectivity index (χ3v) is 4.39. The molecule has 130 valence electrons. The maximum Gasteiger partial charge on any atom is 0.243 e. The van der Waals surface area contributed by atoms with E-state index in [0.29, 0.717) is 17.4 Å². The largest absolute Gasteiger partial charge is 0.493 e.